The third kappa shape index (κ3) is 5.01. The molecule has 10 nitrogen and oxygen atoms in total. The van der Waals surface area contributed by atoms with E-state index < -0.39 is 22.9 Å². The smallest absolute Gasteiger partial charge is 0.316 e. The van der Waals surface area contributed by atoms with Crippen molar-refractivity contribution in [3.8, 4) is 39.8 Å². The van der Waals surface area contributed by atoms with E-state index in [0.717, 1.165) is 12.8 Å². The van der Waals surface area contributed by atoms with E-state index >= 15 is 0 Å². The van der Waals surface area contributed by atoms with Gasteiger partial charge < -0.3 is 29.1 Å². The molecule has 0 saturated heterocycles. The number of ether oxygens (including phenoxy) is 2. The number of rotatable bonds is 9. The second kappa shape index (κ2) is 10.2. The van der Waals surface area contributed by atoms with Gasteiger partial charge >= 0.3 is 5.97 Å². The highest BCUT2D eigenvalue weighted by atomic mass is 16.5. The zero-order chi connectivity index (χ0) is 25.9. The van der Waals surface area contributed by atoms with Crippen molar-refractivity contribution in [2.75, 3.05) is 14.2 Å². The van der Waals surface area contributed by atoms with Crippen molar-refractivity contribution in [2.45, 2.75) is 52.9 Å². The van der Waals surface area contributed by atoms with Crippen LogP contribution >= 0.6 is 0 Å². The number of hydrogen-bond acceptors (Lipinski definition) is 8. The molecule has 3 N–H and O–H groups in total. The van der Waals surface area contributed by atoms with Gasteiger partial charge in [0.1, 0.15) is 28.7 Å². The number of aromatic amines is 1. The summed E-state index contributed by atoms with van der Waals surface area (Å²) in [5.41, 5.74) is -0.360. The molecule has 10 heteroatoms. The molecule has 2 aromatic heterocycles. The van der Waals surface area contributed by atoms with E-state index in [0.29, 0.717) is 34.7 Å². The van der Waals surface area contributed by atoms with Crippen LogP contribution in [0.4, 0.5) is 0 Å². The number of aromatic hydroxyl groups is 1. The summed E-state index contributed by atoms with van der Waals surface area (Å²) in [6.45, 7) is 7.21. The van der Waals surface area contributed by atoms with Gasteiger partial charge in [0.25, 0.3) is 11.4 Å². The van der Waals surface area contributed by atoms with E-state index in [1.54, 1.807) is 39.0 Å². The third-order valence-electron chi connectivity index (χ3n) is 5.74. The number of nitrogens with zero attached hydrogens (tertiary/aromatic N) is 2. The van der Waals surface area contributed by atoms with Crippen LogP contribution in [0.3, 0.4) is 0 Å². The predicted molar refractivity (Wildman–Crippen MR) is 129 cm³/mol. The fraction of sp³-hybridized carbons (Fsp3) is 0.440. The number of methoxy groups -OCH3 is 2. The lowest BCUT2D eigenvalue weighted by Crippen LogP contribution is -2.26. The summed E-state index contributed by atoms with van der Waals surface area (Å²) >= 11 is 0. The second-order valence-corrected chi connectivity index (χ2v) is 9.26. The molecule has 3 rings (SSSR count). The Balaban J connectivity index is 2.31. The number of pyridine rings is 1. The van der Waals surface area contributed by atoms with E-state index in [2.05, 4.69) is 15.2 Å². The highest BCUT2D eigenvalue weighted by molar-refractivity contribution is 5.87. The molecular formula is C25H31N3O7. The number of aromatic nitrogens is 3. The standard InChI is InChI=1S/C25H31N3O7/c1-7-8-10-13-16(17-14(33-5)11-9-12-15(17)34-6)20(29)18(21(30)26-13)22-27-28-23(35-22)19(24(31)32)25(2,3)4/h9,11-12,19H,7-8,10H2,1-6H3,(H,31,32)(H2,26,29,30). The number of carbonyl (C=O) groups is 1. The van der Waals surface area contributed by atoms with Gasteiger partial charge in [-0.2, -0.15) is 0 Å². The molecule has 0 amide bonds. The van der Waals surface area contributed by atoms with E-state index in [1.807, 2.05) is 6.92 Å². The number of H-pyrrole nitrogens is 1. The molecule has 0 aliphatic carbocycles. The van der Waals surface area contributed by atoms with Crippen LogP contribution in [-0.2, 0) is 11.2 Å². The quantitative estimate of drug-likeness (QED) is 0.402. The van der Waals surface area contributed by atoms with Crippen LogP contribution in [0.25, 0.3) is 22.6 Å². The summed E-state index contributed by atoms with van der Waals surface area (Å²) in [7, 11) is 2.99. The normalized spacial score (nSPS) is 12.4. The van der Waals surface area contributed by atoms with Gasteiger partial charge in [0.15, 0.2) is 0 Å². The van der Waals surface area contributed by atoms with Gasteiger partial charge in [0, 0.05) is 5.69 Å². The highest BCUT2D eigenvalue weighted by Crippen LogP contribution is 2.46. The maximum atomic E-state index is 13.1. The van der Waals surface area contributed by atoms with Crippen LogP contribution in [0, 0.1) is 5.41 Å². The SMILES string of the molecule is CCCCc1[nH]c(=O)c(-c2nnc(C(C(=O)O)C(C)(C)C)o2)c(O)c1-c1c(OC)cccc1OC. The lowest BCUT2D eigenvalue weighted by Gasteiger charge is -2.23. The second-order valence-electron chi connectivity index (χ2n) is 9.26. The minimum absolute atomic E-state index is 0.162. The fourth-order valence-electron chi connectivity index (χ4n) is 4.04. The number of carboxylic acid groups (broad SMARTS) is 1. The van der Waals surface area contributed by atoms with Crippen LogP contribution in [0.5, 0.6) is 17.2 Å². The van der Waals surface area contributed by atoms with Crippen LogP contribution in [0.1, 0.15) is 58.0 Å². The molecular weight excluding hydrogens is 454 g/mol. The molecule has 0 spiro atoms. The zero-order valence-corrected chi connectivity index (χ0v) is 20.8. The molecule has 0 saturated carbocycles. The Morgan fingerprint density at radius 3 is 2.26 bits per heavy atom. The molecule has 3 aromatic rings. The van der Waals surface area contributed by atoms with Crippen LogP contribution < -0.4 is 15.0 Å². The first-order valence-electron chi connectivity index (χ1n) is 11.3. The summed E-state index contributed by atoms with van der Waals surface area (Å²) < 4.78 is 16.7. The molecule has 0 aliphatic rings. The van der Waals surface area contributed by atoms with Crippen LogP contribution in [0.2, 0.25) is 0 Å². The van der Waals surface area contributed by atoms with E-state index in [4.69, 9.17) is 13.9 Å². The van der Waals surface area contributed by atoms with Gasteiger partial charge in [-0.25, -0.2) is 0 Å². The summed E-state index contributed by atoms with van der Waals surface area (Å²) in [5, 5.41) is 29.0. The molecule has 1 atom stereocenters. The lowest BCUT2D eigenvalue weighted by atomic mass is 9.81. The molecule has 0 bridgehead atoms. The topological polar surface area (TPSA) is 148 Å². The largest absolute Gasteiger partial charge is 0.506 e. The van der Waals surface area contributed by atoms with Crippen molar-refractivity contribution in [1.82, 2.24) is 15.2 Å². The van der Waals surface area contributed by atoms with Crippen molar-refractivity contribution in [3.05, 3.63) is 40.1 Å². The number of nitrogens with one attached hydrogen (secondary N) is 1. The minimum atomic E-state index is -1.14. The molecule has 0 fully saturated rings. The van der Waals surface area contributed by atoms with Gasteiger partial charge in [-0.1, -0.05) is 40.2 Å². The van der Waals surface area contributed by atoms with Gasteiger partial charge in [-0.15, -0.1) is 10.2 Å². The van der Waals surface area contributed by atoms with Gasteiger partial charge in [-0.3, -0.25) is 9.59 Å². The molecule has 1 unspecified atom stereocenters. The summed E-state index contributed by atoms with van der Waals surface area (Å²) in [6, 6.07) is 5.19. The van der Waals surface area contributed by atoms with Gasteiger partial charge in [0.2, 0.25) is 5.89 Å². The third-order valence-corrected chi connectivity index (χ3v) is 5.74. The highest BCUT2D eigenvalue weighted by Gasteiger charge is 2.38. The molecule has 0 aliphatic heterocycles. The summed E-state index contributed by atoms with van der Waals surface area (Å²) in [4.78, 5) is 27.8. The number of unbranched alkanes of at least 4 members (excludes halogenated alkanes) is 1. The van der Waals surface area contributed by atoms with Crippen LogP contribution in [0.15, 0.2) is 27.4 Å². The first kappa shape index (κ1) is 25.8. The predicted octanol–water partition coefficient (Wildman–Crippen LogP) is 4.37. The minimum Gasteiger partial charge on any atom is -0.506 e. The maximum Gasteiger partial charge on any atom is 0.316 e. The number of aliphatic carboxylic acids is 1. The van der Waals surface area contributed by atoms with Crippen molar-refractivity contribution >= 4 is 5.97 Å². The van der Waals surface area contributed by atoms with E-state index in [1.165, 1.54) is 14.2 Å². The van der Waals surface area contributed by atoms with Crippen molar-refractivity contribution in [1.29, 1.82) is 0 Å². The molecule has 1 aromatic carbocycles. The average molecular weight is 486 g/mol. The van der Waals surface area contributed by atoms with Gasteiger partial charge in [-0.05, 0) is 30.4 Å². The van der Waals surface area contributed by atoms with E-state index in [9.17, 15) is 19.8 Å². The Labute approximate surface area is 202 Å². The molecule has 188 valence electrons. The maximum absolute atomic E-state index is 13.1. The van der Waals surface area contributed by atoms with Crippen molar-refractivity contribution in [3.63, 3.8) is 0 Å². The Kier molecular flexibility index (Phi) is 7.52. The molecule has 2 heterocycles. The number of aryl methyl sites for hydroxylation is 1. The zero-order valence-electron chi connectivity index (χ0n) is 20.8. The number of carboxylic acids is 1. The van der Waals surface area contributed by atoms with Gasteiger partial charge in [0.05, 0.1) is 25.3 Å². The lowest BCUT2D eigenvalue weighted by molar-refractivity contribution is -0.142. The monoisotopic (exact) mass is 485 g/mol. The Bertz CT molecular complexity index is 1250. The Hall–Kier alpha value is -3.82. The van der Waals surface area contributed by atoms with Crippen molar-refractivity contribution in [2.24, 2.45) is 5.41 Å². The molecule has 35 heavy (non-hydrogen) atoms. The fourth-order valence-corrected chi connectivity index (χ4v) is 4.04. The average Bonchev–Trinajstić information content (AvgIpc) is 3.24. The van der Waals surface area contributed by atoms with Crippen molar-refractivity contribution < 1.29 is 28.9 Å². The summed E-state index contributed by atoms with van der Waals surface area (Å²) in [6.07, 6.45) is 2.11. The van der Waals surface area contributed by atoms with Crippen LogP contribution in [-0.4, -0.2) is 45.6 Å². The first-order chi connectivity index (χ1) is 16.5. The molecule has 0 radical (unpaired) electrons. The van der Waals surface area contributed by atoms with E-state index in [-0.39, 0.29) is 23.1 Å². The summed E-state index contributed by atoms with van der Waals surface area (Å²) in [5.74, 6) is -2.22. The number of benzene rings is 1. The Morgan fingerprint density at radius 1 is 1.11 bits per heavy atom. The Morgan fingerprint density at radius 2 is 1.74 bits per heavy atom. The number of hydrogen-bond donors (Lipinski definition) is 3. The first-order valence-corrected chi connectivity index (χ1v) is 11.3.